The molecule has 2 N–H and O–H groups in total. The van der Waals surface area contributed by atoms with Crippen LogP contribution in [-0.2, 0) is 0 Å². The summed E-state index contributed by atoms with van der Waals surface area (Å²) in [6.45, 7) is 1.91. The maximum Gasteiger partial charge on any atom is 0.252 e. The summed E-state index contributed by atoms with van der Waals surface area (Å²) in [6, 6.07) is 3.47. The minimum Gasteiger partial charge on any atom is -0.495 e. The summed E-state index contributed by atoms with van der Waals surface area (Å²) in [5, 5.41) is 0. The molecule has 0 unspecified atom stereocenters. The van der Waals surface area contributed by atoms with Gasteiger partial charge in [-0.1, -0.05) is 6.07 Å². The number of rotatable bonds is 2. The van der Waals surface area contributed by atoms with E-state index in [-0.39, 0.29) is 0 Å². The quantitative estimate of drug-likeness (QED) is 0.863. The van der Waals surface area contributed by atoms with Gasteiger partial charge in [-0.2, -0.15) is 0 Å². The number of hydrogen-bond donors (Lipinski definition) is 1. The molecule has 13 heavy (non-hydrogen) atoms. The Morgan fingerprint density at radius 1 is 1.54 bits per heavy atom. The summed E-state index contributed by atoms with van der Waals surface area (Å²) in [5.74, 6) is 0.00468. The Balaban J connectivity index is 3.38. The maximum absolute atomic E-state index is 11.0. The molecule has 0 aliphatic carbocycles. The largest absolute Gasteiger partial charge is 0.495 e. The van der Waals surface area contributed by atoms with Gasteiger partial charge in [0, 0.05) is 0 Å². The Morgan fingerprint density at radius 2 is 2.15 bits per heavy atom. The van der Waals surface area contributed by atoms with Gasteiger partial charge in [0.1, 0.15) is 5.75 Å². The molecule has 0 aliphatic rings. The molecular weight excluding hydrogens is 234 g/mol. The van der Waals surface area contributed by atoms with Crippen molar-refractivity contribution in [2.75, 3.05) is 7.11 Å². The highest BCUT2D eigenvalue weighted by molar-refractivity contribution is 9.10. The van der Waals surface area contributed by atoms with E-state index in [1.807, 2.05) is 13.0 Å². The monoisotopic (exact) mass is 243 g/mol. The molecule has 1 rings (SSSR count). The van der Waals surface area contributed by atoms with Gasteiger partial charge in [0.25, 0.3) is 5.91 Å². The first-order valence-corrected chi connectivity index (χ1v) is 4.50. The Morgan fingerprint density at radius 3 is 2.62 bits per heavy atom. The van der Waals surface area contributed by atoms with E-state index in [0.29, 0.717) is 11.3 Å². The van der Waals surface area contributed by atoms with Gasteiger partial charge in [-0.15, -0.1) is 0 Å². The molecule has 3 nitrogen and oxygen atoms in total. The Bertz CT molecular complexity index is 350. The fraction of sp³-hybridized carbons (Fsp3) is 0.222. The van der Waals surface area contributed by atoms with Crippen molar-refractivity contribution in [1.29, 1.82) is 0 Å². The zero-order valence-corrected chi connectivity index (χ0v) is 9.01. The SMILES string of the molecule is COc1c(C(N)=O)ccc(C)c1Br. The number of halogens is 1. The van der Waals surface area contributed by atoms with Crippen LogP contribution in [0.2, 0.25) is 0 Å². The van der Waals surface area contributed by atoms with Gasteiger partial charge >= 0.3 is 0 Å². The lowest BCUT2D eigenvalue weighted by Crippen LogP contribution is -2.12. The Hall–Kier alpha value is -1.03. The van der Waals surface area contributed by atoms with Crippen LogP contribution < -0.4 is 10.5 Å². The van der Waals surface area contributed by atoms with Crippen molar-refractivity contribution in [3.63, 3.8) is 0 Å². The highest BCUT2D eigenvalue weighted by Crippen LogP contribution is 2.31. The van der Waals surface area contributed by atoms with Crippen LogP contribution >= 0.6 is 15.9 Å². The minimum atomic E-state index is -0.488. The van der Waals surface area contributed by atoms with Crippen molar-refractivity contribution >= 4 is 21.8 Å². The first-order chi connectivity index (χ1) is 6.07. The number of amides is 1. The molecular formula is C9H10BrNO2. The van der Waals surface area contributed by atoms with E-state index in [0.717, 1.165) is 10.0 Å². The fourth-order valence-corrected chi connectivity index (χ4v) is 1.56. The molecule has 0 bridgehead atoms. The second-order valence-electron chi connectivity index (χ2n) is 2.64. The van der Waals surface area contributed by atoms with Gasteiger partial charge in [0.2, 0.25) is 0 Å². The van der Waals surface area contributed by atoms with Crippen LogP contribution in [0.4, 0.5) is 0 Å². The molecule has 0 heterocycles. The molecule has 0 atom stereocenters. The standard InChI is InChI=1S/C9H10BrNO2/c1-5-3-4-6(9(11)12)8(13-2)7(5)10/h3-4H,1-2H3,(H2,11,12). The third-order valence-corrected chi connectivity index (χ3v) is 2.75. The third kappa shape index (κ3) is 1.83. The molecule has 0 saturated heterocycles. The topological polar surface area (TPSA) is 52.3 Å². The summed E-state index contributed by atoms with van der Waals surface area (Å²) >= 11 is 3.33. The molecule has 0 radical (unpaired) electrons. The van der Waals surface area contributed by atoms with Gasteiger partial charge in [-0.3, -0.25) is 4.79 Å². The van der Waals surface area contributed by atoms with E-state index in [2.05, 4.69) is 15.9 Å². The van der Waals surface area contributed by atoms with Crippen LogP contribution in [0.15, 0.2) is 16.6 Å². The molecule has 1 aromatic rings. The van der Waals surface area contributed by atoms with Gasteiger partial charge in [-0.25, -0.2) is 0 Å². The summed E-state index contributed by atoms with van der Waals surface area (Å²) < 4.78 is 5.84. The highest BCUT2D eigenvalue weighted by Gasteiger charge is 2.13. The number of benzene rings is 1. The smallest absolute Gasteiger partial charge is 0.252 e. The van der Waals surface area contributed by atoms with Crippen LogP contribution in [-0.4, -0.2) is 13.0 Å². The van der Waals surface area contributed by atoms with Gasteiger partial charge in [0.05, 0.1) is 17.1 Å². The number of nitrogens with two attached hydrogens (primary N) is 1. The number of aryl methyl sites for hydroxylation is 1. The third-order valence-electron chi connectivity index (χ3n) is 1.76. The van der Waals surface area contributed by atoms with Gasteiger partial charge in [0.15, 0.2) is 0 Å². The Labute approximate surface area is 85.0 Å². The number of ether oxygens (including phenoxy) is 1. The highest BCUT2D eigenvalue weighted by atomic mass is 79.9. The Kier molecular flexibility index (Phi) is 2.93. The van der Waals surface area contributed by atoms with Crippen molar-refractivity contribution in [3.8, 4) is 5.75 Å². The summed E-state index contributed by atoms with van der Waals surface area (Å²) in [4.78, 5) is 11.0. The average Bonchev–Trinajstić information content (AvgIpc) is 2.09. The number of primary amides is 1. The minimum absolute atomic E-state index is 0.389. The van der Waals surface area contributed by atoms with Crippen LogP contribution in [0.5, 0.6) is 5.75 Å². The van der Waals surface area contributed by atoms with Gasteiger partial charge in [-0.05, 0) is 34.5 Å². The van der Waals surface area contributed by atoms with E-state index in [1.165, 1.54) is 7.11 Å². The van der Waals surface area contributed by atoms with Crippen molar-refractivity contribution in [3.05, 3.63) is 27.7 Å². The molecule has 0 aliphatic heterocycles. The molecule has 70 valence electrons. The molecule has 0 fully saturated rings. The van der Waals surface area contributed by atoms with Gasteiger partial charge < -0.3 is 10.5 Å². The maximum atomic E-state index is 11.0. The number of methoxy groups -OCH3 is 1. The van der Waals surface area contributed by atoms with Crippen LogP contribution in [0.1, 0.15) is 15.9 Å². The number of hydrogen-bond acceptors (Lipinski definition) is 2. The van der Waals surface area contributed by atoms with E-state index in [9.17, 15) is 4.79 Å². The second kappa shape index (κ2) is 3.79. The zero-order chi connectivity index (χ0) is 10.0. The second-order valence-corrected chi connectivity index (χ2v) is 3.43. The number of carbonyl (C=O) groups excluding carboxylic acids is 1. The average molecular weight is 244 g/mol. The molecule has 0 spiro atoms. The van der Waals surface area contributed by atoms with E-state index in [4.69, 9.17) is 10.5 Å². The van der Waals surface area contributed by atoms with Crippen molar-refractivity contribution < 1.29 is 9.53 Å². The van der Waals surface area contributed by atoms with E-state index >= 15 is 0 Å². The van der Waals surface area contributed by atoms with Crippen molar-refractivity contribution in [2.45, 2.75) is 6.92 Å². The van der Waals surface area contributed by atoms with Crippen molar-refractivity contribution in [1.82, 2.24) is 0 Å². The summed E-state index contributed by atoms with van der Waals surface area (Å²) in [5.41, 5.74) is 6.56. The summed E-state index contributed by atoms with van der Waals surface area (Å²) in [7, 11) is 1.51. The predicted molar refractivity (Wildman–Crippen MR) is 53.9 cm³/mol. The first kappa shape index (κ1) is 10.1. The first-order valence-electron chi connectivity index (χ1n) is 3.70. The van der Waals surface area contributed by atoms with Crippen LogP contribution in [0.3, 0.4) is 0 Å². The normalized spacial score (nSPS) is 9.77. The van der Waals surface area contributed by atoms with Crippen molar-refractivity contribution in [2.24, 2.45) is 5.73 Å². The van der Waals surface area contributed by atoms with E-state index < -0.39 is 5.91 Å². The number of carbonyl (C=O) groups is 1. The fourth-order valence-electron chi connectivity index (χ4n) is 1.05. The molecule has 4 heteroatoms. The molecule has 1 aromatic carbocycles. The van der Waals surface area contributed by atoms with Crippen LogP contribution in [0.25, 0.3) is 0 Å². The molecule has 1 amide bonds. The lowest BCUT2D eigenvalue weighted by atomic mass is 10.1. The predicted octanol–water partition coefficient (Wildman–Crippen LogP) is 1.87. The lowest BCUT2D eigenvalue weighted by molar-refractivity contribution is 0.0997. The zero-order valence-electron chi connectivity index (χ0n) is 7.43. The molecule has 0 saturated carbocycles. The summed E-state index contributed by atoms with van der Waals surface area (Å²) in [6.07, 6.45) is 0. The lowest BCUT2D eigenvalue weighted by Gasteiger charge is -2.09. The van der Waals surface area contributed by atoms with Crippen LogP contribution in [0, 0.1) is 6.92 Å². The van der Waals surface area contributed by atoms with E-state index in [1.54, 1.807) is 6.07 Å². The molecule has 0 aromatic heterocycles.